The van der Waals surface area contributed by atoms with Crippen LogP contribution < -0.4 is 19.5 Å². The van der Waals surface area contributed by atoms with E-state index in [1.807, 2.05) is 19.9 Å². The number of thiophene rings is 1. The lowest BCUT2D eigenvalue weighted by atomic mass is 10.2. The Morgan fingerprint density at radius 2 is 1.71 bits per heavy atom. The van der Waals surface area contributed by atoms with E-state index in [9.17, 15) is 9.59 Å². The number of nitrogens with one attached hydrogen (secondary N) is 1. The third kappa shape index (κ3) is 5.67. The number of amides is 1. The fourth-order valence-electron chi connectivity index (χ4n) is 2.79. The monoisotopic (exact) mass is 443 g/mol. The molecule has 0 saturated heterocycles. The fraction of sp³-hybridized carbons (Fsp3) is 0.304. The molecule has 1 amide bonds. The van der Waals surface area contributed by atoms with E-state index in [-0.39, 0.29) is 12.5 Å². The number of methoxy groups -OCH3 is 2. The third-order valence-electron chi connectivity index (χ3n) is 4.29. The van der Waals surface area contributed by atoms with E-state index in [2.05, 4.69) is 5.32 Å². The number of benzene rings is 2. The summed E-state index contributed by atoms with van der Waals surface area (Å²) in [6, 6.07) is 12.4. The van der Waals surface area contributed by atoms with E-state index in [4.69, 9.17) is 18.9 Å². The van der Waals surface area contributed by atoms with Gasteiger partial charge in [0.25, 0.3) is 5.91 Å². The molecule has 0 spiro atoms. The maximum Gasteiger partial charge on any atom is 0.351 e. The highest BCUT2D eigenvalue weighted by Gasteiger charge is 2.21. The van der Waals surface area contributed by atoms with Crippen LogP contribution in [0.25, 0.3) is 10.1 Å². The summed E-state index contributed by atoms with van der Waals surface area (Å²) in [5, 5.41) is 3.57. The van der Waals surface area contributed by atoms with E-state index in [1.165, 1.54) is 18.4 Å². The van der Waals surface area contributed by atoms with Crippen LogP contribution in [0.3, 0.4) is 0 Å². The molecule has 8 heteroatoms. The number of hydrogen-bond donors (Lipinski definition) is 1. The maximum absolute atomic E-state index is 12.3. The van der Waals surface area contributed by atoms with Crippen molar-refractivity contribution in [2.75, 3.05) is 32.8 Å². The van der Waals surface area contributed by atoms with Crippen molar-refractivity contribution in [1.82, 2.24) is 0 Å². The van der Waals surface area contributed by atoms with Crippen LogP contribution in [0.5, 0.6) is 17.2 Å². The van der Waals surface area contributed by atoms with Crippen LogP contribution in [0.1, 0.15) is 23.5 Å². The summed E-state index contributed by atoms with van der Waals surface area (Å²) >= 11 is 1.30. The minimum absolute atomic E-state index is 0.141. The van der Waals surface area contributed by atoms with Gasteiger partial charge in [0, 0.05) is 15.8 Å². The van der Waals surface area contributed by atoms with Gasteiger partial charge in [0.15, 0.2) is 17.2 Å². The molecule has 0 aliphatic heterocycles. The lowest BCUT2D eigenvalue weighted by Crippen LogP contribution is -2.20. The van der Waals surface area contributed by atoms with Gasteiger partial charge in [-0.3, -0.25) is 4.79 Å². The van der Waals surface area contributed by atoms with Crippen molar-refractivity contribution in [2.24, 2.45) is 5.92 Å². The summed E-state index contributed by atoms with van der Waals surface area (Å²) in [4.78, 5) is 24.9. The van der Waals surface area contributed by atoms with Gasteiger partial charge in [-0.2, -0.15) is 0 Å². The first-order chi connectivity index (χ1) is 14.9. The molecule has 3 rings (SSSR count). The lowest BCUT2D eigenvalue weighted by molar-refractivity contribution is -0.118. The summed E-state index contributed by atoms with van der Waals surface area (Å²) in [5.41, 5.74) is 0.583. The zero-order chi connectivity index (χ0) is 22.4. The van der Waals surface area contributed by atoms with Crippen LogP contribution in [-0.4, -0.2) is 39.3 Å². The number of hydrogen-bond acceptors (Lipinski definition) is 7. The second kappa shape index (κ2) is 10.2. The van der Waals surface area contributed by atoms with Gasteiger partial charge in [-0.1, -0.05) is 13.8 Å². The Morgan fingerprint density at radius 3 is 2.35 bits per heavy atom. The Labute approximate surface area is 184 Å². The lowest BCUT2D eigenvalue weighted by Gasteiger charge is -2.11. The molecule has 0 radical (unpaired) electrons. The largest absolute Gasteiger partial charge is 0.497 e. The molecule has 1 N–H and O–H groups in total. The maximum atomic E-state index is 12.3. The van der Waals surface area contributed by atoms with E-state index in [0.29, 0.717) is 40.3 Å². The molecule has 1 heterocycles. The first kappa shape index (κ1) is 22.4. The number of carbonyl (C=O) groups excluding carboxylic acids is 2. The van der Waals surface area contributed by atoms with Crippen molar-refractivity contribution in [1.29, 1.82) is 0 Å². The van der Waals surface area contributed by atoms with Crippen molar-refractivity contribution in [3.63, 3.8) is 0 Å². The fourth-order valence-corrected chi connectivity index (χ4v) is 3.84. The highest BCUT2D eigenvalue weighted by atomic mass is 32.1. The zero-order valence-electron chi connectivity index (χ0n) is 17.9. The molecule has 0 saturated carbocycles. The third-order valence-corrected chi connectivity index (χ3v) is 5.42. The Morgan fingerprint density at radius 1 is 1.00 bits per heavy atom. The highest BCUT2D eigenvalue weighted by Crippen LogP contribution is 2.40. The first-order valence-electron chi connectivity index (χ1n) is 9.75. The normalized spacial score (nSPS) is 10.7. The molecule has 2 aromatic carbocycles. The molecule has 0 bridgehead atoms. The van der Waals surface area contributed by atoms with E-state index in [0.717, 1.165) is 10.1 Å². The Balaban J connectivity index is 1.74. The molecule has 1 aromatic heterocycles. The minimum atomic E-state index is -0.446. The Bertz CT molecular complexity index is 1060. The zero-order valence-corrected chi connectivity index (χ0v) is 18.7. The van der Waals surface area contributed by atoms with E-state index >= 15 is 0 Å². The number of esters is 1. The molecule has 0 fully saturated rings. The minimum Gasteiger partial charge on any atom is -0.497 e. The number of rotatable bonds is 9. The molecule has 0 aliphatic rings. The van der Waals surface area contributed by atoms with Gasteiger partial charge >= 0.3 is 5.97 Å². The van der Waals surface area contributed by atoms with Gasteiger partial charge in [0.1, 0.15) is 11.5 Å². The molecule has 31 heavy (non-hydrogen) atoms. The van der Waals surface area contributed by atoms with Gasteiger partial charge < -0.3 is 24.3 Å². The van der Waals surface area contributed by atoms with Gasteiger partial charge in [0.05, 0.1) is 20.8 Å². The number of carbonyl (C=O) groups is 2. The van der Waals surface area contributed by atoms with Gasteiger partial charge in [-0.15, -0.1) is 11.3 Å². The standard InChI is InChI=1S/C23H25NO6S/c1-14(2)12-30-21-18-11-15(5-10-19(18)31-22(21)23(26)28-4)24-20(25)13-29-17-8-6-16(27-3)7-9-17/h5-11,14H,12-13H2,1-4H3,(H,24,25). The van der Waals surface area contributed by atoms with Crippen LogP contribution in [0, 0.1) is 5.92 Å². The number of fused-ring (bicyclic) bond motifs is 1. The van der Waals surface area contributed by atoms with Crippen molar-refractivity contribution in [2.45, 2.75) is 13.8 Å². The average molecular weight is 444 g/mol. The van der Waals surface area contributed by atoms with Crippen LogP contribution in [-0.2, 0) is 9.53 Å². The van der Waals surface area contributed by atoms with Crippen molar-refractivity contribution < 1.29 is 28.5 Å². The second-order valence-electron chi connectivity index (χ2n) is 7.18. The van der Waals surface area contributed by atoms with Crippen LogP contribution >= 0.6 is 11.3 Å². The molecular formula is C23H25NO6S. The predicted octanol–water partition coefficient (Wildman–Crippen LogP) is 4.75. The summed E-state index contributed by atoms with van der Waals surface area (Å²) in [7, 11) is 2.93. The van der Waals surface area contributed by atoms with E-state index in [1.54, 1.807) is 43.5 Å². The quantitative estimate of drug-likeness (QED) is 0.481. The Kier molecular flexibility index (Phi) is 7.36. The van der Waals surface area contributed by atoms with Crippen molar-refractivity contribution in [3.8, 4) is 17.2 Å². The van der Waals surface area contributed by atoms with Crippen molar-refractivity contribution in [3.05, 3.63) is 47.3 Å². The molecule has 164 valence electrons. The van der Waals surface area contributed by atoms with Crippen LogP contribution in [0.15, 0.2) is 42.5 Å². The summed E-state index contributed by atoms with van der Waals surface area (Å²) in [5.74, 6) is 1.30. The first-order valence-corrected chi connectivity index (χ1v) is 10.6. The van der Waals surface area contributed by atoms with Crippen molar-refractivity contribution >= 4 is 39.0 Å². The van der Waals surface area contributed by atoms with Crippen LogP contribution in [0.2, 0.25) is 0 Å². The molecule has 0 atom stereocenters. The highest BCUT2D eigenvalue weighted by molar-refractivity contribution is 7.21. The molecular weight excluding hydrogens is 418 g/mol. The summed E-state index contributed by atoms with van der Waals surface area (Å²) in [6.45, 7) is 4.38. The topological polar surface area (TPSA) is 83.1 Å². The van der Waals surface area contributed by atoms with E-state index < -0.39 is 5.97 Å². The molecule has 7 nitrogen and oxygen atoms in total. The average Bonchev–Trinajstić information content (AvgIpc) is 3.13. The molecule has 0 unspecified atom stereocenters. The SMILES string of the molecule is COC(=O)c1sc2ccc(NC(=O)COc3ccc(OC)cc3)cc2c1OCC(C)C. The molecule has 3 aromatic rings. The van der Waals surface area contributed by atoms with Gasteiger partial charge in [0.2, 0.25) is 0 Å². The summed E-state index contributed by atoms with van der Waals surface area (Å²) in [6.07, 6.45) is 0. The van der Waals surface area contributed by atoms with Gasteiger partial charge in [-0.25, -0.2) is 4.79 Å². The van der Waals surface area contributed by atoms with Crippen LogP contribution in [0.4, 0.5) is 5.69 Å². The van der Waals surface area contributed by atoms with Gasteiger partial charge in [-0.05, 0) is 48.4 Å². The smallest absolute Gasteiger partial charge is 0.351 e. The molecule has 0 aliphatic carbocycles. The number of anilines is 1. The Hall–Kier alpha value is -3.26. The second-order valence-corrected chi connectivity index (χ2v) is 8.23. The summed E-state index contributed by atoms with van der Waals surface area (Å²) < 4.78 is 22.3. The predicted molar refractivity (Wildman–Crippen MR) is 121 cm³/mol. The number of ether oxygens (including phenoxy) is 4.